The number of sulfonamides is 1. The molecule has 20 heavy (non-hydrogen) atoms. The first-order valence-corrected chi connectivity index (χ1v) is 6.99. The lowest BCUT2D eigenvalue weighted by Crippen LogP contribution is -2.15. The van der Waals surface area contributed by atoms with Gasteiger partial charge < -0.3 is 10.5 Å². The average molecular weight is 300 g/mol. The summed E-state index contributed by atoms with van der Waals surface area (Å²) in [4.78, 5) is -0.303. The highest BCUT2D eigenvalue weighted by atomic mass is 32.2. The molecule has 2 aromatic rings. The molecule has 0 unspecified atom stereocenters. The van der Waals surface area contributed by atoms with E-state index in [1.54, 1.807) is 6.92 Å². The van der Waals surface area contributed by atoms with E-state index >= 15 is 0 Å². The number of hydrogen-bond donors (Lipinski definition) is 3. The first-order valence-electron chi connectivity index (χ1n) is 5.51. The molecule has 2 rings (SSSR count). The van der Waals surface area contributed by atoms with E-state index in [1.807, 2.05) is 0 Å². The van der Waals surface area contributed by atoms with Gasteiger partial charge in [0.2, 0.25) is 0 Å². The Morgan fingerprint density at radius 2 is 2.15 bits per heavy atom. The molecule has 0 aliphatic carbocycles. The molecular formula is C11H13FN4O3S. The Kier molecular flexibility index (Phi) is 3.53. The van der Waals surface area contributed by atoms with Gasteiger partial charge in [-0.1, -0.05) is 0 Å². The van der Waals surface area contributed by atoms with Crippen LogP contribution in [0, 0.1) is 12.7 Å². The molecule has 0 fully saturated rings. The fourth-order valence-electron chi connectivity index (χ4n) is 1.60. The largest absolute Gasteiger partial charge is 0.492 e. The van der Waals surface area contributed by atoms with Crippen LogP contribution < -0.4 is 15.2 Å². The van der Waals surface area contributed by atoms with Crippen molar-refractivity contribution in [3.05, 3.63) is 29.7 Å². The van der Waals surface area contributed by atoms with Gasteiger partial charge in [0.25, 0.3) is 10.0 Å². The van der Waals surface area contributed by atoms with Gasteiger partial charge in [-0.2, -0.15) is 5.10 Å². The van der Waals surface area contributed by atoms with Crippen molar-refractivity contribution < 1.29 is 17.5 Å². The second-order valence-corrected chi connectivity index (χ2v) is 5.74. The number of nitrogens with one attached hydrogen (secondary N) is 2. The van der Waals surface area contributed by atoms with Gasteiger partial charge >= 0.3 is 0 Å². The van der Waals surface area contributed by atoms with Crippen molar-refractivity contribution in [1.82, 2.24) is 10.2 Å². The minimum atomic E-state index is -3.97. The van der Waals surface area contributed by atoms with Crippen molar-refractivity contribution in [3.8, 4) is 5.75 Å². The quantitative estimate of drug-likeness (QED) is 0.736. The number of nitrogens with two attached hydrogens (primary N) is 1. The smallest absolute Gasteiger partial charge is 0.263 e. The van der Waals surface area contributed by atoms with Crippen LogP contribution in [0.3, 0.4) is 0 Å². The molecule has 0 amide bonds. The monoisotopic (exact) mass is 300 g/mol. The number of nitrogens with zero attached hydrogens (tertiary/aromatic N) is 1. The SMILES string of the molecule is COc1c(N)cc(S(=O)(=O)Nc2[nH]ncc2C)cc1F. The molecule has 1 aromatic heterocycles. The molecule has 108 valence electrons. The Morgan fingerprint density at radius 3 is 2.65 bits per heavy atom. The number of halogens is 1. The number of nitrogen functional groups attached to an aromatic ring is 1. The van der Waals surface area contributed by atoms with Crippen molar-refractivity contribution >= 4 is 21.5 Å². The van der Waals surface area contributed by atoms with E-state index in [-0.39, 0.29) is 22.2 Å². The maximum Gasteiger partial charge on any atom is 0.263 e. The van der Waals surface area contributed by atoms with Gasteiger partial charge in [-0.05, 0) is 19.1 Å². The molecule has 9 heteroatoms. The van der Waals surface area contributed by atoms with Crippen LogP contribution in [0.5, 0.6) is 5.75 Å². The second-order valence-electron chi connectivity index (χ2n) is 4.06. The predicted molar refractivity (Wildman–Crippen MR) is 71.5 cm³/mol. The van der Waals surface area contributed by atoms with E-state index in [2.05, 4.69) is 14.9 Å². The summed E-state index contributed by atoms with van der Waals surface area (Å²) in [6, 6.07) is 1.96. The van der Waals surface area contributed by atoms with E-state index in [1.165, 1.54) is 13.3 Å². The first-order chi connectivity index (χ1) is 9.35. The lowest BCUT2D eigenvalue weighted by Gasteiger charge is -2.10. The third kappa shape index (κ3) is 2.52. The van der Waals surface area contributed by atoms with Crippen LogP contribution in [0.4, 0.5) is 15.9 Å². The third-order valence-corrected chi connectivity index (χ3v) is 3.95. The number of aryl methyl sites for hydroxylation is 1. The molecule has 0 saturated heterocycles. The average Bonchev–Trinajstić information content (AvgIpc) is 2.74. The Hall–Kier alpha value is -2.29. The lowest BCUT2D eigenvalue weighted by molar-refractivity contribution is 0.388. The van der Waals surface area contributed by atoms with Crippen LogP contribution >= 0.6 is 0 Å². The number of benzene rings is 1. The molecule has 1 heterocycles. The number of hydrogen-bond acceptors (Lipinski definition) is 5. The normalized spacial score (nSPS) is 11.3. The zero-order chi connectivity index (χ0) is 14.9. The third-order valence-electron chi connectivity index (χ3n) is 2.63. The van der Waals surface area contributed by atoms with Gasteiger partial charge in [0.05, 0.1) is 23.9 Å². The number of anilines is 2. The minimum Gasteiger partial charge on any atom is -0.492 e. The number of methoxy groups -OCH3 is 1. The van der Waals surface area contributed by atoms with Crippen LogP contribution in [-0.4, -0.2) is 25.7 Å². The van der Waals surface area contributed by atoms with Gasteiger partial charge in [-0.25, -0.2) is 12.8 Å². The summed E-state index contributed by atoms with van der Waals surface area (Å²) in [5.41, 5.74) is 6.06. The Balaban J connectivity index is 2.43. The van der Waals surface area contributed by atoms with Gasteiger partial charge in [0.1, 0.15) is 5.82 Å². The number of aromatic nitrogens is 2. The first kappa shape index (κ1) is 14.1. The predicted octanol–water partition coefficient (Wildman–Crippen LogP) is 1.25. The van der Waals surface area contributed by atoms with Crippen LogP contribution in [-0.2, 0) is 10.0 Å². The summed E-state index contributed by atoms with van der Waals surface area (Å²) < 4.78 is 45.0. The Morgan fingerprint density at radius 1 is 1.45 bits per heavy atom. The zero-order valence-corrected chi connectivity index (χ0v) is 11.6. The van der Waals surface area contributed by atoms with E-state index in [0.717, 1.165) is 12.1 Å². The van der Waals surface area contributed by atoms with Gasteiger partial charge in [0, 0.05) is 5.56 Å². The molecular weight excluding hydrogens is 287 g/mol. The van der Waals surface area contributed by atoms with Crippen molar-refractivity contribution in [2.45, 2.75) is 11.8 Å². The topological polar surface area (TPSA) is 110 Å². The highest BCUT2D eigenvalue weighted by Crippen LogP contribution is 2.29. The minimum absolute atomic E-state index is 0.103. The zero-order valence-electron chi connectivity index (χ0n) is 10.8. The van der Waals surface area contributed by atoms with Crippen LogP contribution in [0.15, 0.2) is 23.2 Å². The molecule has 0 bridgehead atoms. The van der Waals surface area contributed by atoms with E-state index in [0.29, 0.717) is 5.56 Å². The summed E-state index contributed by atoms with van der Waals surface area (Å²) in [5.74, 6) is -0.837. The summed E-state index contributed by atoms with van der Waals surface area (Å²) in [7, 11) is -2.73. The Labute approximate surface area is 115 Å². The maximum absolute atomic E-state index is 13.7. The molecule has 4 N–H and O–H groups in total. The molecule has 0 aliphatic heterocycles. The number of rotatable bonds is 4. The molecule has 0 radical (unpaired) electrons. The van der Waals surface area contributed by atoms with Crippen LogP contribution in [0.25, 0.3) is 0 Å². The fraction of sp³-hybridized carbons (Fsp3) is 0.182. The van der Waals surface area contributed by atoms with E-state index < -0.39 is 15.8 Å². The molecule has 1 aromatic carbocycles. The molecule has 0 spiro atoms. The molecule has 0 atom stereocenters. The molecule has 7 nitrogen and oxygen atoms in total. The van der Waals surface area contributed by atoms with E-state index in [9.17, 15) is 12.8 Å². The van der Waals surface area contributed by atoms with Crippen LogP contribution in [0.2, 0.25) is 0 Å². The van der Waals surface area contributed by atoms with Crippen molar-refractivity contribution in [1.29, 1.82) is 0 Å². The second kappa shape index (κ2) is 5.00. The highest BCUT2D eigenvalue weighted by molar-refractivity contribution is 7.92. The van der Waals surface area contributed by atoms with E-state index in [4.69, 9.17) is 10.5 Å². The summed E-state index contributed by atoms with van der Waals surface area (Å²) in [5, 5.41) is 6.18. The van der Waals surface area contributed by atoms with Crippen molar-refractivity contribution in [2.75, 3.05) is 17.6 Å². The lowest BCUT2D eigenvalue weighted by atomic mass is 10.3. The fourth-order valence-corrected chi connectivity index (χ4v) is 2.74. The molecule has 0 saturated carbocycles. The Bertz CT molecular complexity index is 719. The standard InChI is InChI=1S/C11H13FN4O3S/c1-6-5-14-15-11(6)16-20(17,18)7-3-8(12)10(19-2)9(13)4-7/h3-5H,13H2,1-2H3,(H2,14,15,16). The number of ether oxygens (including phenoxy) is 1. The van der Waals surface area contributed by atoms with Crippen molar-refractivity contribution in [2.24, 2.45) is 0 Å². The summed E-state index contributed by atoms with van der Waals surface area (Å²) in [6.07, 6.45) is 1.46. The number of H-pyrrole nitrogens is 1. The highest BCUT2D eigenvalue weighted by Gasteiger charge is 2.20. The van der Waals surface area contributed by atoms with Gasteiger partial charge in [-0.15, -0.1) is 0 Å². The number of aromatic amines is 1. The van der Waals surface area contributed by atoms with Gasteiger partial charge in [0.15, 0.2) is 11.6 Å². The van der Waals surface area contributed by atoms with Crippen molar-refractivity contribution in [3.63, 3.8) is 0 Å². The summed E-state index contributed by atoms with van der Waals surface area (Å²) >= 11 is 0. The van der Waals surface area contributed by atoms with Crippen LogP contribution in [0.1, 0.15) is 5.56 Å². The van der Waals surface area contributed by atoms with Gasteiger partial charge in [-0.3, -0.25) is 9.82 Å². The summed E-state index contributed by atoms with van der Waals surface area (Å²) in [6.45, 7) is 1.67. The maximum atomic E-state index is 13.7. The molecule has 0 aliphatic rings.